The zero-order valence-electron chi connectivity index (χ0n) is 7.21. The second-order valence-corrected chi connectivity index (χ2v) is 2.90. The molecule has 1 aromatic carbocycles. The van der Waals surface area contributed by atoms with Gasteiger partial charge in [0.25, 0.3) is 0 Å². The predicted octanol–water partition coefficient (Wildman–Crippen LogP) is 2.66. The fourth-order valence-corrected chi connectivity index (χ4v) is 1.24. The van der Waals surface area contributed by atoms with Crippen molar-refractivity contribution in [2.24, 2.45) is 0 Å². The van der Waals surface area contributed by atoms with Crippen molar-refractivity contribution in [3.63, 3.8) is 0 Å². The molecular weight excluding hydrogens is 211 g/mol. The minimum atomic E-state index is -4.57. The number of hydrogen-bond donors (Lipinski definition) is 0. The Kier molecular flexibility index (Phi) is 1.99. The molecule has 2 aromatic rings. The van der Waals surface area contributed by atoms with E-state index in [0.29, 0.717) is 6.29 Å². The first-order chi connectivity index (χ1) is 7.02. The molecule has 0 aliphatic rings. The maximum atomic E-state index is 12.3. The van der Waals surface area contributed by atoms with Crippen molar-refractivity contribution < 1.29 is 22.5 Å². The zero-order chi connectivity index (χ0) is 11.1. The smallest absolute Gasteiger partial charge is 0.350 e. The van der Waals surface area contributed by atoms with Crippen LogP contribution >= 0.6 is 0 Å². The van der Waals surface area contributed by atoms with Gasteiger partial charge >= 0.3 is 6.18 Å². The van der Waals surface area contributed by atoms with Crippen molar-refractivity contribution in [3.8, 4) is 0 Å². The molecule has 0 N–H and O–H groups in total. The third-order valence-electron chi connectivity index (χ3n) is 1.90. The summed E-state index contributed by atoms with van der Waals surface area (Å²) in [5.41, 5.74) is 0.274. The van der Waals surface area contributed by atoms with Crippen LogP contribution < -0.4 is 0 Å². The number of hydrogen-bond acceptors (Lipinski definition) is 3. The van der Waals surface area contributed by atoms with Crippen LogP contribution in [0.4, 0.5) is 13.2 Å². The number of aromatic nitrogens is 1. The Morgan fingerprint density at radius 3 is 2.67 bits per heavy atom. The molecule has 2 rings (SSSR count). The lowest BCUT2D eigenvalue weighted by Gasteiger charge is -2.00. The number of carbonyl (C=O) groups excluding carboxylic acids is 1. The number of halogens is 3. The Morgan fingerprint density at radius 2 is 2.07 bits per heavy atom. The summed E-state index contributed by atoms with van der Waals surface area (Å²) < 4.78 is 41.2. The van der Waals surface area contributed by atoms with Crippen LogP contribution in [-0.4, -0.2) is 11.4 Å². The number of alkyl halides is 3. The highest BCUT2D eigenvalue weighted by molar-refractivity contribution is 5.87. The van der Waals surface area contributed by atoms with E-state index in [4.69, 9.17) is 0 Å². The lowest BCUT2D eigenvalue weighted by Crippen LogP contribution is -2.03. The first kappa shape index (κ1) is 9.70. The van der Waals surface area contributed by atoms with Crippen molar-refractivity contribution in [3.05, 3.63) is 29.5 Å². The highest BCUT2D eigenvalue weighted by atomic mass is 19.4. The van der Waals surface area contributed by atoms with Gasteiger partial charge in [0.15, 0.2) is 0 Å². The summed E-state index contributed by atoms with van der Waals surface area (Å²) in [4.78, 5) is 10.4. The molecule has 0 saturated carbocycles. The largest absolute Gasteiger partial charge is 0.453 e. The number of fused-ring (bicyclic) bond motifs is 1. The molecule has 0 aliphatic heterocycles. The Hall–Kier alpha value is -1.85. The molecule has 78 valence electrons. The maximum Gasteiger partial charge on any atom is 0.453 e. The van der Waals surface area contributed by atoms with Crippen LogP contribution in [0.15, 0.2) is 22.7 Å². The van der Waals surface area contributed by atoms with Crippen molar-refractivity contribution in [1.82, 2.24) is 5.16 Å². The summed E-state index contributed by atoms with van der Waals surface area (Å²) in [5, 5.41) is 3.09. The van der Waals surface area contributed by atoms with Crippen LogP contribution in [0.5, 0.6) is 0 Å². The number of aldehydes is 1. The SMILES string of the molecule is O=Cc1ccc2c(C(F)(F)F)onc2c1. The van der Waals surface area contributed by atoms with Crippen molar-refractivity contribution in [1.29, 1.82) is 0 Å². The summed E-state index contributed by atoms with van der Waals surface area (Å²) in [6, 6.07) is 3.68. The normalized spacial score (nSPS) is 11.9. The van der Waals surface area contributed by atoms with Gasteiger partial charge < -0.3 is 4.52 Å². The fraction of sp³-hybridized carbons (Fsp3) is 0.111. The molecule has 0 spiro atoms. The molecule has 1 heterocycles. The van der Waals surface area contributed by atoms with E-state index in [1.165, 1.54) is 18.2 Å². The molecule has 3 nitrogen and oxygen atoms in total. The highest BCUT2D eigenvalue weighted by Crippen LogP contribution is 2.34. The Balaban J connectivity index is 2.67. The highest BCUT2D eigenvalue weighted by Gasteiger charge is 2.37. The monoisotopic (exact) mass is 215 g/mol. The Bertz CT molecular complexity index is 516. The lowest BCUT2D eigenvalue weighted by atomic mass is 10.1. The molecule has 0 unspecified atom stereocenters. The molecule has 6 heteroatoms. The van der Waals surface area contributed by atoms with Crippen LogP contribution in [-0.2, 0) is 6.18 Å². The quantitative estimate of drug-likeness (QED) is 0.687. The van der Waals surface area contributed by atoms with Crippen LogP contribution in [0.3, 0.4) is 0 Å². The number of carbonyl (C=O) groups is 1. The molecule has 1 aromatic heterocycles. The van der Waals surface area contributed by atoms with Crippen molar-refractivity contribution in [2.45, 2.75) is 6.18 Å². The van der Waals surface area contributed by atoms with Gasteiger partial charge in [-0.05, 0) is 12.1 Å². The Morgan fingerprint density at radius 1 is 1.33 bits per heavy atom. The minimum absolute atomic E-state index is 0.0203. The van der Waals surface area contributed by atoms with E-state index in [9.17, 15) is 18.0 Å². The molecule has 0 fully saturated rings. The fourth-order valence-electron chi connectivity index (χ4n) is 1.24. The summed E-state index contributed by atoms with van der Waals surface area (Å²) >= 11 is 0. The van der Waals surface area contributed by atoms with E-state index in [-0.39, 0.29) is 16.5 Å². The Labute approximate surface area is 81.5 Å². The van der Waals surface area contributed by atoms with E-state index in [1.54, 1.807) is 0 Å². The summed E-state index contributed by atoms with van der Waals surface area (Å²) in [6.07, 6.45) is -4.04. The summed E-state index contributed by atoms with van der Waals surface area (Å²) in [6.45, 7) is 0. The van der Waals surface area contributed by atoms with Gasteiger partial charge in [-0.1, -0.05) is 11.2 Å². The van der Waals surface area contributed by atoms with Gasteiger partial charge in [-0.15, -0.1) is 0 Å². The second kappa shape index (κ2) is 3.08. The van der Waals surface area contributed by atoms with Gasteiger partial charge in [0.05, 0.1) is 5.39 Å². The maximum absolute atomic E-state index is 12.3. The van der Waals surface area contributed by atoms with Crippen molar-refractivity contribution >= 4 is 17.2 Å². The first-order valence-electron chi connectivity index (χ1n) is 3.94. The topological polar surface area (TPSA) is 43.1 Å². The van der Waals surface area contributed by atoms with E-state index in [2.05, 4.69) is 9.68 Å². The standard InChI is InChI=1S/C9H4F3NO2/c10-9(11,12)8-6-2-1-5(4-14)3-7(6)13-15-8/h1-4H. The molecule has 0 aliphatic carbocycles. The molecule has 15 heavy (non-hydrogen) atoms. The number of nitrogens with zero attached hydrogens (tertiary/aromatic N) is 1. The van der Waals surface area contributed by atoms with Gasteiger partial charge in [-0.2, -0.15) is 13.2 Å². The molecule has 0 atom stereocenters. The van der Waals surface area contributed by atoms with Crippen molar-refractivity contribution in [2.75, 3.05) is 0 Å². The number of benzene rings is 1. The third-order valence-corrected chi connectivity index (χ3v) is 1.90. The van der Waals surface area contributed by atoms with Crippen LogP contribution in [0, 0.1) is 0 Å². The number of rotatable bonds is 1. The molecule has 0 saturated heterocycles. The summed E-state index contributed by atoms with van der Waals surface area (Å²) in [5.74, 6) is -1.14. The molecule has 0 bridgehead atoms. The van der Waals surface area contributed by atoms with Crippen LogP contribution in [0.25, 0.3) is 10.9 Å². The average Bonchev–Trinajstić information content (AvgIpc) is 2.59. The van der Waals surface area contributed by atoms with E-state index in [0.717, 1.165) is 0 Å². The molecule has 0 radical (unpaired) electrons. The minimum Gasteiger partial charge on any atom is -0.350 e. The second-order valence-electron chi connectivity index (χ2n) is 2.90. The summed E-state index contributed by atoms with van der Waals surface area (Å²) in [7, 11) is 0. The van der Waals surface area contributed by atoms with Crippen LogP contribution in [0.2, 0.25) is 0 Å². The van der Waals surface area contributed by atoms with E-state index < -0.39 is 11.9 Å². The van der Waals surface area contributed by atoms with Gasteiger partial charge in [0, 0.05) is 5.56 Å². The van der Waals surface area contributed by atoms with Gasteiger partial charge in [0.1, 0.15) is 11.8 Å². The molecule has 0 amide bonds. The zero-order valence-corrected chi connectivity index (χ0v) is 7.21. The molecular formula is C9H4F3NO2. The average molecular weight is 215 g/mol. The predicted molar refractivity (Wildman–Crippen MR) is 44.4 cm³/mol. The third kappa shape index (κ3) is 1.58. The van der Waals surface area contributed by atoms with E-state index in [1.807, 2.05) is 0 Å². The van der Waals surface area contributed by atoms with Crippen LogP contribution in [0.1, 0.15) is 16.1 Å². The van der Waals surface area contributed by atoms with Gasteiger partial charge in [0.2, 0.25) is 5.76 Å². The van der Waals surface area contributed by atoms with Gasteiger partial charge in [-0.25, -0.2) is 0 Å². The van der Waals surface area contributed by atoms with Gasteiger partial charge in [-0.3, -0.25) is 4.79 Å². The lowest BCUT2D eigenvalue weighted by molar-refractivity contribution is -0.154. The van der Waals surface area contributed by atoms with E-state index >= 15 is 0 Å². The first-order valence-corrected chi connectivity index (χ1v) is 3.94.